The van der Waals surface area contributed by atoms with Crippen molar-refractivity contribution in [3.05, 3.63) is 47.3 Å². The van der Waals surface area contributed by atoms with Crippen LogP contribution in [0.3, 0.4) is 0 Å². The van der Waals surface area contributed by atoms with E-state index in [4.69, 9.17) is 23.0 Å². The van der Waals surface area contributed by atoms with Crippen LogP contribution in [0.2, 0.25) is 0 Å². The first-order valence-corrected chi connectivity index (χ1v) is 10.5. The van der Waals surface area contributed by atoms with Crippen molar-refractivity contribution in [2.45, 2.75) is 37.6 Å². The molecule has 0 fully saturated rings. The van der Waals surface area contributed by atoms with Crippen molar-refractivity contribution in [1.29, 1.82) is 0 Å². The summed E-state index contributed by atoms with van der Waals surface area (Å²) in [4.78, 5) is 51.2. The molecule has 0 spiro atoms. The van der Waals surface area contributed by atoms with Gasteiger partial charge in [-0.15, -0.1) is 12.3 Å². The van der Waals surface area contributed by atoms with Gasteiger partial charge in [0.25, 0.3) is 5.91 Å². The van der Waals surface area contributed by atoms with E-state index in [2.05, 4.69) is 31.2 Å². The third-order valence-electron chi connectivity index (χ3n) is 5.22. The van der Waals surface area contributed by atoms with E-state index in [9.17, 15) is 19.5 Å². The largest absolute Gasteiger partial charge is 1.00 e. The molecule has 0 saturated heterocycles. The Bertz CT molecular complexity index is 1310. The Morgan fingerprint density at radius 1 is 1.08 bits per heavy atom. The van der Waals surface area contributed by atoms with Gasteiger partial charge in [-0.1, -0.05) is 12.1 Å². The minimum atomic E-state index is -1.31. The van der Waals surface area contributed by atoms with E-state index >= 15 is 0 Å². The van der Waals surface area contributed by atoms with Crippen LogP contribution in [-0.4, -0.2) is 54.0 Å². The fourth-order valence-electron chi connectivity index (χ4n) is 3.46. The Hall–Kier alpha value is -3.15. The normalized spacial score (nSPS) is 12.1. The second-order valence-electron chi connectivity index (χ2n) is 7.73. The van der Waals surface area contributed by atoms with E-state index in [-0.39, 0.29) is 93.1 Å². The minimum absolute atomic E-state index is 0. The van der Waals surface area contributed by atoms with Crippen molar-refractivity contribution >= 4 is 40.8 Å². The molecule has 1 aromatic carbocycles. The molecular formula is C23H23KN7O5+. The molecule has 0 bridgehead atoms. The van der Waals surface area contributed by atoms with Crippen molar-refractivity contribution in [3.63, 3.8) is 0 Å². The average Bonchev–Trinajstić information content (AvgIpc) is 2.81. The third kappa shape index (κ3) is 7.67. The van der Waals surface area contributed by atoms with Crippen LogP contribution in [0.25, 0.3) is 11.2 Å². The van der Waals surface area contributed by atoms with Gasteiger partial charge >= 0.3 is 63.3 Å². The number of fused-ring (bicyclic) bond motifs is 1. The Labute approximate surface area is 248 Å². The monoisotopic (exact) mass is 516 g/mol. The molecule has 13 heteroatoms. The van der Waals surface area contributed by atoms with Crippen molar-refractivity contribution in [3.8, 4) is 12.3 Å². The van der Waals surface area contributed by atoms with E-state index in [0.717, 1.165) is 5.56 Å². The maximum Gasteiger partial charge on any atom is 1.00 e. The number of hydrogen-bond donors (Lipinski definition) is 5. The fourth-order valence-corrected chi connectivity index (χ4v) is 3.46. The number of nitrogens with zero attached hydrogens (tertiary/aromatic N) is 4. The molecule has 2 unspecified atom stereocenters. The van der Waals surface area contributed by atoms with Gasteiger partial charge in [-0.3, -0.25) is 9.59 Å². The van der Waals surface area contributed by atoms with Crippen LogP contribution in [0, 0.1) is 12.3 Å². The number of carboxylic acids is 2. The molecule has 0 aliphatic rings. The maximum atomic E-state index is 12.5. The predicted molar refractivity (Wildman–Crippen MR) is 126 cm³/mol. The Kier molecular flexibility index (Phi) is 10.7. The van der Waals surface area contributed by atoms with Crippen LogP contribution in [-0.2, 0) is 16.0 Å². The van der Waals surface area contributed by atoms with Crippen LogP contribution in [0.5, 0.6) is 0 Å². The number of amides is 1. The molecule has 0 aliphatic heterocycles. The third-order valence-corrected chi connectivity index (χ3v) is 5.22. The zero-order chi connectivity index (χ0) is 25.5. The summed E-state index contributed by atoms with van der Waals surface area (Å²) in [5.74, 6) is -0.479. The molecule has 12 nitrogen and oxygen atoms in total. The fraction of sp³-hybridized carbons (Fsp3) is 0.261. The molecular weight excluding hydrogens is 493 g/mol. The van der Waals surface area contributed by atoms with Gasteiger partial charge in [0, 0.05) is 24.3 Å². The van der Waals surface area contributed by atoms with Crippen molar-refractivity contribution in [1.82, 2.24) is 25.3 Å². The van der Waals surface area contributed by atoms with Gasteiger partial charge in [-0.25, -0.2) is 14.8 Å². The molecule has 2 aromatic heterocycles. The van der Waals surface area contributed by atoms with Gasteiger partial charge in [0.1, 0.15) is 6.04 Å². The van der Waals surface area contributed by atoms with Gasteiger partial charge in [-0.05, 0) is 30.5 Å². The van der Waals surface area contributed by atoms with Gasteiger partial charge < -0.3 is 27.0 Å². The number of carbonyl (C=O) groups is 3. The van der Waals surface area contributed by atoms with E-state index in [1.54, 1.807) is 30.5 Å². The summed E-state index contributed by atoms with van der Waals surface area (Å²) >= 11 is 0. The smallest absolute Gasteiger partial charge is 0.481 e. The average molecular weight is 517 g/mol. The number of rotatable bonds is 10. The summed E-state index contributed by atoms with van der Waals surface area (Å²) in [5, 5.41) is 20.3. The molecule has 36 heavy (non-hydrogen) atoms. The number of aromatic nitrogens is 4. The number of nitrogen functional groups attached to an aromatic ring is 2. The van der Waals surface area contributed by atoms with Gasteiger partial charge in [0.15, 0.2) is 17.0 Å². The van der Waals surface area contributed by atoms with E-state index in [0.29, 0.717) is 24.1 Å². The quantitative estimate of drug-likeness (QED) is 0.147. The number of carbonyl (C=O) groups excluding carboxylic acids is 1. The zero-order valence-electron chi connectivity index (χ0n) is 19.5. The Morgan fingerprint density at radius 3 is 2.39 bits per heavy atom. The molecule has 180 valence electrons. The van der Waals surface area contributed by atoms with Gasteiger partial charge in [0.2, 0.25) is 5.95 Å². The summed E-state index contributed by atoms with van der Waals surface area (Å²) in [5.41, 5.74) is 13.8. The van der Waals surface area contributed by atoms with Crippen LogP contribution < -0.4 is 68.2 Å². The number of nitrogens with one attached hydrogen (secondary N) is 1. The summed E-state index contributed by atoms with van der Waals surface area (Å²) in [7, 11) is 0. The van der Waals surface area contributed by atoms with Crippen LogP contribution in [0.4, 0.5) is 11.8 Å². The number of nitrogens with two attached hydrogens (primary N) is 2. The first-order chi connectivity index (χ1) is 16.7. The van der Waals surface area contributed by atoms with Crippen LogP contribution >= 0.6 is 0 Å². The van der Waals surface area contributed by atoms with Gasteiger partial charge in [0.05, 0.1) is 11.9 Å². The number of terminal acetylenes is 1. The molecule has 0 aliphatic carbocycles. The summed E-state index contributed by atoms with van der Waals surface area (Å²) in [6, 6.07) is 5.22. The second-order valence-corrected chi connectivity index (χ2v) is 7.73. The molecule has 2 heterocycles. The van der Waals surface area contributed by atoms with Crippen molar-refractivity contribution in [2.24, 2.45) is 0 Å². The Morgan fingerprint density at radius 2 is 1.78 bits per heavy atom. The molecule has 1 amide bonds. The molecule has 7 N–H and O–H groups in total. The number of hydrogen-bond acceptors (Lipinski definition) is 9. The summed E-state index contributed by atoms with van der Waals surface area (Å²) < 4.78 is 0. The van der Waals surface area contributed by atoms with Crippen LogP contribution in [0.1, 0.15) is 46.8 Å². The van der Waals surface area contributed by atoms with E-state index in [1.165, 1.54) is 0 Å². The van der Waals surface area contributed by atoms with Crippen molar-refractivity contribution in [2.75, 3.05) is 11.5 Å². The Balaban J connectivity index is 0.00000456. The van der Waals surface area contributed by atoms with E-state index in [1.807, 2.05) is 0 Å². The molecule has 0 saturated carbocycles. The standard InChI is InChI=1S/C23H23N7O5.K/c1-2-3-14(10-15-11-26-20-18(27-15)19(24)29-23(25)30-20)12-4-6-13(7-5-12)21(33)28-16(22(34)35)8-9-17(31)32;/h1,4-7,11,14,16H,3,8-10H2,(H,28,33)(H,31,32)(H,34,35)(H4,24,25,26,29,30);/q;+1. The van der Waals surface area contributed by atoms with Crippen LogP contribution in [0.15, 0.2) is 30.5 Å². The zero-order valence-corrected chi connectivity index (χ0v) is 22.6. The van der Waals surface area contributed by atoms with E-state index < -0.39 is 23.9 Å². The second kappa shape index (κ2) is 13.2. The molecule has 2 atom stereocenters. The predicted octanol–water partition coefficient (Wildman–Crippen LogP) is -2.01. The van der Waals surface area contributed by atoms with Gasteiger partial charge in [-0.2, -0.15) is 9.97 Å². The first-order valence-electron chi connectivity index (χ1n) is 10.5. The number of aliphatic carboxylic acids is 2. The first kappa shape index (κ1) is 29.1. The SMILES string of the molecule is C#CCC(Cc1cnc2nc(N)nc(N)c2n1)c1ccc(C(=O)NC(CCC(=O)O)C(=O)O)cc1.[K+]. The summed E-state index contributed by atoms with van der Waals surface area (Å²) in [6.07, 6.45) is 7.32. The number of carboxylic acid groups (broad SMARTS) is 2. The molecule has 3 aromatic rings. The minimum Gasteiger partial charge on any atom is -0.481 e. The topological polar surface area (TPSA) is 207 Å². The summed E-state index contributed by atoms with van der Waals surface area (Å²) in [6.45, 7) is 0. The van der Waals surface area contributed by atoms with Crippen molar-refractivity contribution < 1.29 is 76.0 Å². The molecule has 0 radical (unpaired) electrons. The number of anilines is 2. The molecule has 3 rings (SSSR count). The number of benzene rings is 1. The maximum absolute atomic E-state index is 12.5.